The van der Waals surface area contributed by atoms with Gasteiger partial charge in [-0.25, -0.2) is 4.79 Å². The van der Waals surface area contributed by atoms with Crippen molar-refractivity contribution in [2.75, 3.05) is 18.5 Å². The monoisotopic (exact) mass is 508 g/mol. The van der Waals surface area contributed by atoms with Gasteiger partial charge >= 0.3 is 5.97 Å². The van der Waals surface area contributed by atoms with E-state index in [9.17, 15) is 19.7 Å². The number of aryl methyl sites for hydroxylation is 1. The summed E-state index contributed by atoms with van der Waals surface area (Å²) < 4.78 is 11.1. The summed E-state index contributed by atoms with van der Waals surface area (Å²) in [5.41, 5.74) is 2.12. The van der Waals surface area contributed by atoms with Gasteiger partial charge in [-0.2, -0.15) is 0 Å². The highest BCUT2D eigenvalue weighted by Crippen LogP contribution is 2.41. The summed E-state index contributed by atoms with van der Waals surface area (Å²) in [5, 5.41) is 14.2. The number of nitrogens with one attached hydrogen (secondary N) is 1. The largest absolute Gasteiger partial charge is 0.493 e. The predicted molar refractivity (Wildman–Crippen MR) is 142 cm³/mol. The maximum atomic E-state index is 12.9. The molecule has 2 aromatic carbocycles. The van der Waals surface area contributed by atoms with Crippen LogP contribution in [0.15, 0.2) is 54.6 Å². The van der Waals surface area contributed by atoms with Crippen molar-refractivity contribution in [2.24, 2.45) is 0 Å². The number of carbonyl (C=O) groups excluding carboxylic acids is 2. The number of amides is 1. The minimum absolute atomic E-state index is 0.0538. The Morgan fingerprint density at radius 3 is 2.50 bits per heavy atom. The Balaban J connectivity index is 1.89. The molecule has 0 aliphatic heterocycles. The molecule has 0 aliphatic carbocycles. The van der Waals surface area contributed by atoms with Crippen LogP contribution in [-0.4, -0.2) is 30.0 Å². The van der Waals surface area contributed by atoms with Crippen LogP contribution < -0.4 is 10.1 Å². The van der Waals surface area contributed by atoms with Crippen molar-refractivity contribution in [1.82, 2.24) is 0 Å². The normalized spacial score (nSPS) is 10.9. The number of carbonyl (C=O) groups is 2. The van der Waals surface area contributed by atoms with Gasteiger partial charge in [0.05, 0.1) is 18.1 Å². The van der Waals surface area contributed by atoms with Gasteiger partial charge in [-0.3, -0.25) is 14.9 Å². The van der Waals surface area contributed by atoms with Crippen LogP contribution in [0.5, 0.6) is 5.75 Å². The van der Waals surface area contributed by atoms with E-state index in [0.717, 1.165) is 23.3 Å². The zero-order chi connectivity index (χ0) is 26.1. The quantitative estimate of drug-likeness (QED) is 0.102. The Hall–Kier alpha value is -3.98. The smallest absolute Gasteiger partial charge is 0.341 e. The summed E-state index contributed by atoms with van der Waals surface area (Å²) in [4.78, 5) is 37.0. The lowest BCUT2D eigenvalue weighted by Crippen LogP contribution is -2.12. The first-order chi connectivity index (χ1) is 17.3. The standard InChI is InChI=1S/C27H28N2O6S/c1-4-6-17-35-22-10-8-7-9-19(22)13-16-23(30)28-26-25(27(31)34-5-2)24(18(3)36-26)20-11-14-21(15-12-20)29(32)33/h7-16H,4-6,17H2,1-3H3,(H,28,30)/b16-13+. The van der Waals surface area contributed by atoms with E-state index < -0.39 is 16.8 Å². The third-order valence-electron chi connectivity index (χ3n) is 5.26. The number of para-hydroxylation sites is 1. The van der Waals surface area contributed by atoms with Crippen molar-refractivity contribution in [3.8, 4) is 16.9 Å². The molecule has 1 aromatic heterocycles. The summed E-state index contributed by atoms with van der Waals surface area (Å²) in [7, 11) is 0. The average Bonchev–Trinajstić information content (AvgIpc) is 3.19. The average molecular weight is 509 g/mol. The molecule has 8 nitrogen and oxygen atoms in total. The molecule has 36 heavy (non-hydrogen) atoms. The number of esters is 1. The number of nitro benzene ring substituents is 1. The highest BCUT2D eigenvalue weighted by molar-refractivity contribution is 7.17. The summed E-state index contributed by atoms with van der Waals surface area (Å²) in [6, 6.07) is 13.4. The fourth-order valence-electron chi connectivity index (χ4n) is 3.52. The Morgan fingerprint density at radius 2 is 1.83 bits per heavy atom. The molecule has 0 atom stereocenters. The molecule has 0 saturated heterocycles. The number of anilines is 1. The van der Waals surface area contributed by atoms with Gasteiger partial charge in [0.2, 0.25) is 5.91 Å². The van der Waals surface area contributed by atoms with E-state index in [2.05, 4.69) is 12.2 Å². The lowest BCUT2D eigenvalue weighted by Gasteiger charge is -2.09. The number of hydrogen-bond donors (Lipinski definition) is 1. The number of nitro groups is 1. The highest BCUT2D eigenvalue weighted by Gasteiger charge is 2.25. The lowest BCUT2D eigenvalue weighted by atomic mass is 10.0. The van der Waals surface area contributed by atoms with Gasteiger partial charge in [0, 0.05) is 34.2 Å². The molecule has 9 heteroatoms. The van der Waals surface area contributed by atoms with Crippen LogP contribution in [-0.2, 0) is 9.53 Å². The number of nitrogens with zero attached hydrogens (tertiary/aromatic N) is 1. The molecule has 1 heterocycles. The zero-order valence-electron chi connectivity index (χ0n) is 20.4. The van der Waals surface area contributed by atoms with E-state index in [4.69, 9.17) is 9.47 Å². The first-order valence-electron chi connectivity index (χ1n) is 11.6. The van der Waals surface area contributed by atoms with Crippen molar-refractivity contribution >= 4 is 40.0 Å². The van der Waals surface area contributed by atoms with Crippen molar-refractivity contribution in [3.05, 3.63) is 80.7 Å². The number of ether oxygens (including phenoxy) is 2. The third-order valence-corrected chi connectivity index (χ3v) is 6.28. The molecule has 0 unspecified atom stereocenters. The Bertz CT molecular complexity index is 1260. The maximum Gasteiger partial charge on any atom is 0.341 e. The molecule has 3 aromatic rings. The molecule has 0 saturated carbocycles. The number of benzene rings is 2. The summed E-state index contributed by atoms with van der Waals surface area (Å²) >= 11 is 1.24. The molecule has 0 aliphatic rings. The van der Waals surface area contributed by atoms with Gasteiger partial charge in [-0.1, -0.05) is 31.5 Å². The fraction of sp³-hybridized carbons (Fsp3) is 0.259. The van der Waals surface area contributed by atoms with Crippen molar-refractivity contribution in [1.29, 1.82) is 0 Å². The molecule has 1 amide bonds. The van der Waals surface area contributed by atoms with Crippen LogP contribution in [0.3, 0.4) is 0 Å². The summed E-state index contributed by atoms with van der Waals surface area (Å²) in [6.07, 6.45) is 5.01. The first-order valence-corrected chi connectivity index (χ1v) is 12.4. The minimum Gasteiger partial charge on any atom is -0.493 e. The summed E-state index contributed by atoms with van der Waals surface area (Å²) in [5.74, 6) is -0.306. The summed E-state index contributed by atoms with van der Waals surface area (Å²) in [6.45, 7) is 6.36. The van der Waals surface area contributed by atoms with E-state index in [1.54, 1.807) is 25.1 Å². The number of non-ortho nitro benzene ring substituents is 1. The number of unbranched alkanes of at least 4 members (excludes halogenated alkanes) is 1. The van der Waals surface area contributed by atoms with Gasteiger partial charge in [-0.15, -0.1) is 11.3 Å². The Labute approximate surface area is 213 Å². The lowest BCUT2D eigenvalue weighted by molar-refractivity contribution is -0.384. The van der Waals surface area contributed by atoms with Crippen molar-refractivity contribution in [2.45, 2.75) is 33.6 Å². The van der Waals surface area contributed by atoms with Crippen molar-refractivity contribution in [3.63, 3.8) is 0 Å². The zero-order valence-corrected chi connectivity index (χ0v) is 21.2. The Kier molecular flexibility index (Phi) is 9.35. The number of thiophene rings is 1. The van der Waals surface area contributed by atoms with Gasteiger partial charge < -0.3 is 14.8 Å². The number of hydrogen-bond acceptors (Lipinski definition) is 7. The van der Waals surface area contributed by atoms with E-state index in [-0.39, 0.29) is 17.9 Å². The van der Waals surface area contributed by atoms with Crippen LogP contribution in [0.4, 0.5) is 10.7 Å². The van der Waals surface area contributed by atoms with Gasteiger partial charge in [0.25, 0.3) is 5.69 Å². The van der Waals surface area contributed by atoms with Crippen LogP contribution >= 0.6 is 11.3 Å². The second kappa shape index (κ2) is 12.6. The molecule has 0 fully saturated rings. The molecule has 3 rings (SSSR count). The van der Waals surface area contributed by atoms with Gasteiger partial charge in [0.15, 0.2) is 0 Å². The van der Waals surface area contributed by atoms with E-state index >= 15 is 0 Å². The second-order valence-electron chi connectivity index (χ2n) is 7.82. The fourth-order valence-corrected chi connectivity index (χ4v) is 4.59. The predicted octanol–water partition coefficient (Wildman–Crippen LogP) is 6.64. The van der Waals surface area contributed by atoms with E-state index in [0.29, 0.717) is 28.5 Å². The topological polar surface area (TPSA) is 108 Å². The van der Waals surface area contributed by atoms with Gasteiger partial charge in [-0.05, 0) is 50.1 Å². The van der Waals surface area contributed by atoms with E-state index in [1.807, 2.05) is 31.2 Å². The van der Waals surface area contributed by atoms with Crippen LogP contribution in [0.25, 0.3) is 17.2 Å². The maximum absolute atomic E-state index is 12.9. The second-order valence-corrected chi connectivity index (χ2v) is 9.05. The number of rotatable bonds is 11. The molecule has 1 N–H and O–H groups in total. The van der Waals surface area contributed by atoms with Crippen molar-refractivity contribution < 1.29 is 24.0 Å². The third kappa shape index (κ3) is 6.57. The molecular formula is C27H28N2O6S. The molecular weight excluding hydrogens is 480 g/mol. The Morgan fingerprint density at radius 1 is 1.11 bits per heavy atom. The first kappa shape index (κ1) is 26.6. The van der Waals surface area contributed by atoms with Crippen LogP contribution in [0, 0.1) is 17.0 Å². The SMILES string of the molecule is CCCCOc1ccccc1/C=C/C(=O)Nc1sc(C)c(-c2ccc([N+](=O)[O-])cc2)c1C(=O)OCC. The molecule has 0 bridgehead atoms. The molecule has 0 radical (unpaired) electrons. The van der Waals surface area contributed by atoms with E-state index in [1.165, 1.54) is 29.5 Å². The van der Waals surface area contributed by atoms with Crippen LogP contribution in [0.1, 0.15) is 47.5 Å². The molecule has 0 spiro atoms. The molecule has 188 valence electrons. The van der Waals surface area contributed by atoms with Crippen LogP contribution in [0.2, 0.25) is 0 Å². The minimum atomic E-state index is -0.579. The van der Waals surface area contributed by atoms with Gasteiger partial charge in [0.1, 0.15) is 16.3 Å². The highest BCUT2D eigenvalue weighted by atomic mass is 32.1.